The van der Waals surface area contributed by atoms with Gasteiger partial charge in [-0.2, -0.15) is 13.2 Å². The fourth-order valence-electron chi connectivity index (χ4n) is 2.46. The van der Waals surface area contributed by atoms with Crippen molar-refractivity contribution in [3.63, 3.8) is 0 Å². The van der Waals surface area contributed by atoms with Crippen molar-refractivity contribution in [3.8, 4) is 0 Å². The normalized spacial score (nSPS) is 15.4. The van der Waals surface area contributed by atoms with Crippen LogP contribution in [-0.2, 0) is 20.9 Å². The Labute approximate surface area is 145 Å². The van der Waals surface area contributed by atoms with Gasteiger partial charge in [-0.05, 0) is 25.7 Å². The van der Waals surface area contributed by atoms with Crippen molar-refractivity contribution in [1.29, 1.82) is 0 Å². The van der Waals surface area contributed by atoms with E-state index in [4.69, 9.17) is 0 Å². The molecular formula is C15H18F3N3O5. The van der Waals surface area contributed by atoms with Crippen molar-refractivity contribution in [3.05, 3.63) is 33.1 Å². The van der Waals surface area contributed by atoms with Gasteiger partial charge >= 0.3 is 17.8 Å². The molecule has 0 radical (unpaired) electrons. The van der Waals surface area contributed by atoms with Gasteiger partial charge in [-0.25, -0.2) is 4.79 Å². The molecule has 1 aromatic heterocycles. The second-order valence-corrected chi connectivity index (χ2v) is 6.11. The Morgan fingerprint density at radius 1 is 1.38 bits per heavy atom. The van der Waals surface area contributed by atoms with E-state index in [0.717, 1.165) is 29.7 Å². The van der Waals surface area contributed by atoms with E-state index >= 15 is 0 Å². The molecule has 1 aliphatic rings. The number of aromatic amines is 1. The zero-order valence-electron chi connectivity index (χ0n) is 13.9. The van der Waals surface area contributed by atoms with Gasteiger partial charge < -0.3 is 9.64 Å². The third kappa shape index (κ3) is 5.74. The molecule has 1 amide bonds. The summed E-state index contributed by atoms with van der Waals surface area (Å²) in [6.07, 6.45) is -2.00. The van der Waals surface area contributed by atoms with Crippen LogP contribution < -0.4 is 11.2 Å². The highest BCUT2D eigenvalue weighted by Crippen LogP contribution is 2.36. The Hall–Kier alpha value is -2.59. The summed E-state index contributed by atoms with van der Waals surface area (Å²) in [7, 11) is 0. The number of rotatable bonds is 7. The number of H-pyrrole nitrogens is 1. The van der Waals surface area contributed by atoms with Gasteiger partial charge in [0.15, 0.2) is 6.61 Å². The largest absolute Gasteiger partial charge is 0.454 e. The fraction of sp³-hybridized carbons (Fsp3) is 0.600. The van der Waals surface area contributed by atoms with Gasteiger partial charge in [-0.3, -0.25) is 23.9 Å². The molecule has 1 atom stereocenters. The maximum atomic E-state index is 12.7. The quantitative estimate of drug-likeness (QED) is 0.688. The molecule has 11 heteroatoms. The Morgan fingerprint density at radius 3 is 2.58 bits per heavy atom. The Bertz CT molecular complexity index is 782. The minimum Gasteiger partial charge on any atom is -0.454 e. The summed E-state index contributed by atoms with van der Waals surface area (Å²) in [5.74, 6) is -1.93. The molecule has 1 heterocycles. The topological polar surface area (TPSA) is 101 Å². The summed E-state index contributed by atoms with van der Waals surface area (Å²) in [4.78, 5) is 48.8. The molecule has 1 fully saturated rings. The van der Waals surface area contributed by atoms with Crippen LogP contribution in [0.1, 0.15) is 19.8 Å². The maximum Gasteiger partial charge on any atom is 0.406 e. The summed E-state index contributed by atoms with van der Waals surface area (Å²) < 4.78 is 43.6. The van der Waals surface area contributed by atoms with Crippen molar-refractivity contribution in [2.24, 2.45) is 5.92 Å². The van der Waals surface area contributed by atoms with Gasteiger partial charge in [-0.15, -0.1) is 0 Å². The van der Waals surface area contributed by atoms with E-state index in [1.54, 1.807) is 0 Å². The minimum absolute atomic E-state index is 0.0109. The first-order chi connectivity index (χ1) is 12.1. The number of nitrogens with one attached hydrogen (secondary N) is 1. The van der Waals surface area contributed by atoms with Crippen molar-refractivity contribution in [1.82, 2.24) is 14.5 Å². The number of hydrogen-bond donors (Lipinski definition) is 1. The monoisotopic (exact) mass is 377 g/mol. The number of carbonyl (C=O) groups excluding carboxylic acids is 2. The lowest BCUT2D eigenvalue weighted by atomic mass is 10.2. The lowest BCUT2D eigenvalue weighted by Gasteiger charge is -2.30. The number of nitrogens with zero attached hydrogens (tertiary/aromatic N) is 2. The molecule has 2 rings (SSSR count). The molecule has 0 unspecified atom stereocenters. The fourth-order valence-corrected chi connectivity index (χ4v) is 2.46. The number of hydrogen-bond acceptors (Lipinski definition) is 5. The van der Waals surface area contributed by atoms with Crippen molar-refractivity contribution in [2.75, 3.05) is 13.2 Å². The highest BCUT2D eigenvalue weighted by molar-refractivity contribution is 5.81. The van der Waals surface area contributed by atoms with Crippen LogP contribution in [0.15, 0.2) is 21.9 Å². The molecule has 0 aromatic carbocycles. The maximum absolute atomic E-state index is 12.7. The molecule has 144 valence electrons. The number of ether oxygens (including phenoxy) is 1. The van der Waals surface area contributed by atoms with Crippen LogP contribution >= 0.6 is 0 Å². The van der Waals surface area contributed by atoms with Gasteiger partial charge in [0.25, 0.3) is 11.5 Å². The second kappa shape index (κ2) is 7.75. The van der Waals surface area contributed by atoms with E-state index < -0.39 is 55.0 Å². The van der Waals surface area contributed by atoms with Crippen LogP contribution in [0.4, 0.5) is 13.2 Å². The molecule has 0 bridgehead atoms. The van der Waals surface area contributed by atoms with E-state index in [-0.39, 0.29) is 5.92 Å². The Balaban J connectivity index is 1.94. The highest BCUT2D eigenvalue weighted by Gasteiger charge is 2.40. The first kappa shape index (κ1) is 19.7. The van der Waals surface area contributed by atoms with Crippen LogP contribution in [0.5, 0.6) is 0 Å². The lowest BCUT2D eigenvalue weighted by Crippen LogP contribution is -2.47. The average molecular weight is 377 g/mol. The summed E-state index contributed by atoms with van der Waals surface area (Å²) in [5.41, 5.74) is -1.49. The predicted octanol–water partition coefficient (Wildman–Crippen LogP) is 0.269. The van der Waals surface area contributed by atoms with E-state index in [1.807, 2.05) is 4.98 Å². The standard InChI is InChI=1S/C15H18F3N3O5/c1-9(10-2-3-10)21(8-15(16,17)18)12(23)7-26-13(24)6-20-5-4-11(22)19-14(20)25/h4-5,9-10H,2-3,6-8H2,1H3,(H,19,22,25)/t9-/m0/s1. The predicted molar refractivity (Wildman–Crippen MR) is 82.2 cm³/mol. The third-order valence-electron chi connectivity index (χ3n) is 4.02. The molecule has 0 spiro atoms. The van der Waals surface area contributed by atoms with Gasteiger partial charge in [0.2, 0.25) is 0 Å². The Kier molecular flexibility index (Phi) is 5.88. The van der Waals surface area contributed by atoms with Crippen LogP contribution in [0, 0.1) is 5.92 Å². The van der Waals surface area contributed by atoms with Crippen LogP contribution in [0.3, 0.4) is 0 Å². The molecule has 0 saturated heterocycles. The van der Waals surface area contributed by atoms with Gasteiger partial charge in [0, 0.05) is 18.3 Å². The summed E-state index contributed by atoms with van der Waals surface area (Å²) in [6, 6.07) is 0.409. The average Bonchev–Trinajstić information content (AvgIpc) is 3.36. The van der Waals surface area contributed by atoms with E-state index in [9.17, 15) is 32.3 Å². The van der Waals surface area contributed by atoms with Gasteiger partial charge in [-0.1, -0.05) is 0 Å². The van der Waals surface area contributed by atoms with Crippen molar-refractivity contribution in [2.45, 2.75) is 38.5 Å². The van der Waals surface area contributed by atoms with Crippen LogP contribution in [0.25, 0.3) is 0 Å². The number of alkyl halides is 3. The number of carbonyl (C=O) groups is 2. The zero-order chi connectivity index (χ0) is 19.5. The van der Waals surface area contributed by atoms with E-state index in [2.05, 4.69) is 4.74 Å². The first-order valence-corrected chi connectivity index (χ1v) is 7.88. The smallest absolute Gasteiger partial charge is 0.406 e. The molecule has 8 nitrogen and oxygen atoms in total. The Morgan fingerprint density at radius 2 is 2.04 bits per heavy atom. The molecular weight excluding hydrogens is 359 g/mol. The highest BCUT2D eigenvalue weighted by atomic mass is 19.4. The number of aromatic nitrogens is 2. The number of esters is 1. The molecule has 1 saturated carbocycles. The van der Waals surface area contributed by atoms with Gasteiger partial charge in [0.1, 0.15) is 13.1 Å². The molecule has 0 aliphatic heterocycles. The van der Waals surface area contributed by atoms with E-state index in [0.29, 0.717) is 4.90 Å². The van der Waals surface area contributed by atoms with Crippen molar-refractivity contribution >= 4 is 11.9 Å². The summed E-state index contributed by atoms with van der Waals surface area (Å²) >= 11 is 0. The number of halogens is 3. The molecule has 1 aromatic rings. The van der Waals surface area contributed by atoms with Crippen LogP contribution in [0.2, 0.25) is 0 Å². The summed E-state index contributed by atoms with van der Waals surface area (Å²) in [5, 5.41) is 0. The lowest BCUT2D eigenvalue weighted by molar-refractivity contribution is -0.171. The summed E-state index contributed by atoms with van der Waals surface area (Å²) in [6.45, 7) is -1.33. The molecule has 1 N–H and O–H groups in total. The molecule has 26 heavy (non-hydrogen) atoms. The van der Waals surface area contributed by atoms with E-state index in [1.165, 1.54) is 6.92 Å². The molecule has 1 aliphatic carbocycles. The van der Waals surface area contributed by atoms with Gasteiger partial charge in [0.05, 0.1) is 0 Å². The third-order valence-corrected chi connectivity index (χ3v) is 4.02. The minimum atomic E-state index is -4.56. The van der Waals surface area contributed by atoms with Crippen LogP contribution in [-0.4, -0.2) is 51.7 Å². The second-order valence-electron chi connectivity index (χ2n) is 6.11. The van der Waals surface area contributed by atoms with Crippen molar-refractivity contribution < 1.29 is 27.5 Å². The zero-order valence-corrected chi connectivity index (χ0v) is 13.9. The first-order valence-electron chi connectivity index (χ1n) is 7.88. The SMILES string of the molecule is C[C@@H](C1CC1)N(CC(F)(F)F)C(=O)COC(=O)Cn1ccc(=O)[nH]c1=O. The number of amides is 1.